The third-order valence-corrected chi connectivity index (χ3v) is 4.76. The van der Waals surface area contributed by atoms with Gasteiger partial charge in [-0.2, -0.15) is 5.26 Å². The molecule has 0 N–H and O–H groups in total. The van der Waals surface area contributed by atoms with Gasteiger partial charge in [-0.25, -0.2) is 4.39 Å². The quantitative estimate of drug-likeness (QED) is 0.727. The largest absolute Gasteiger partial charge is 0.352 e. The van der Waals surface area contributed by atoms with Crippen molar-refractivity contribution in [1.29, 1.82) is 5.26 Å². The number of halogens is 1. The second kappa shape index (κ2) is 8.93. The highest BCUT2D eigenvalue weighted by molar-refractivity contribution is 5.65. The molecule has 4 heteroatoms. The van der Waals surface area contributed by atoms with Gasteiger partial charge in [0.2, 0.25) is 0 Å². The molecular formula is C22H24FNO2. The molecule has 0 saturated carbocycles. The van der Waals surface area contributed by atoms with Gasteiger partial charge in [0, 0.05) is 17.9 Å². The van der Waals surface area contributed by atoms with Crippen LogP contribution >= 0.6 is 0 Å². The summed E-state index contributed by atoms with van der Waals surface area (Å²) in [6.07, 6.45) is 3.87. The molecule has 3 nitrogen and oxygen atoms in total. The lowest BCUT2D eigenvalue weighted by Gasteiger charge is -2.29. The number of hydrogen-bond acceptors (Lipinski definition) is 3. The van der Waals surface area contributed by atoms with E-state index in [0.717, 1.165) is 44.5 Å². The maximum Gasteiger partial charge on any atom is 0.157 e. The topological polar surface area (TPSA) is 42.2 Å². The molecule has 0 aromatic heterocycles. The number of hydrogen-bond donors (Lipinski definition) is 0. The Morgan fingerprint density at radius 1 is 1.08 bits per heavy atom. The SMILES string of the molecule is CCCC1COC(CCc2ccc(-c3ccc(C#N)cc3F)cc2)OC1. The lowest BCUT2D eigenvalue weighted by atomic mass is 10.0. The molecule has 3 rings (SSSR count). The van der Waals surface area contributed by atoms with E-state index in [1.165, 1.54) is 11.6 Å². The summed E-state index contributed by atoms with van der Waals surface area (Å²) in [7, 11) is 0. The first kappa shape index (κ1) is 18.6. The van der Waals surface area contributed by atoms with Crippen molar-refractivity contribution in [3.8, 4) is 17.2 Å². The van der Waals surface area contributed by atoms with E-state index in [-0.39, 0.29) is 12.1 Å². The predicted octanol–water partition coefficient (Wildman–Crippen LogP) is 5.09. The van der Waals surface area contributed by atoms with E-state index in [1.54, 1.807) is 12.1 Å². The highest BCUT2D eigenvalue weighted by Gasteiger charge is 2.21. The van der Waals surface area contributed by atoms with E-state index in [2.05, 4.69) is 6.92 Å². The summed E-state index contributed by atoms with van der Waals surface area (Å²) >= 11 is 0. The second-order valence-corrected chi connectivity index (χ2v) is 6.79. The zero-order valence-electron chi connectivity index (χ0n) is 15.1. The van der Waals surface area contributed by atoms with Crippen LogP contribution < -0.4 is 0 Å². The Morgan fingerprint density at radius 3 is 2.42 bits per heavy atom. The van der Waals surface area contributed by atoms with E-state index >= 15 is 0 Å². The van der Waals surface area contributed by atoms with Crippen LogP contribution in [0.4, 0.5) is 4.39 Å². The molecule has 0 radical (unpaired) electrons. The van der Waals surface area contributed by atoms with Gasteiger partial charge in [0.15, 0.2) is 6.29 Å². The molecule has 1 aliphatic heterocycles. The summed E-state index contributed by atoms with van der Waals surface area (Å²) in [6.45, 7) is 3.75. The highest BCUT2D eigenvalue weighted by atomic mass is 19.1. The lowest BCUT2D eigenvalue weighted by Crippen LogP contribution is -2.32. The van der Waals surface area contributed by atoms with Crippen LogP contribution in [0.15, 0.2) is 42.5 Å². The number of rotatable bonds is 6. The lowest BCUT2D eigenvalue weighted by molar-refractivity contribution is -0.203. The van der Waals surface area contributed by atoms with Gasteiger partial charge in [-0.15, -0.1) is 0 Å². The van der Waals surface area contributed by atoms with Crippen LogP contribution in [0.1, 0.15) is 37.3 Å². The molecule has 136 valence electrons. The van der Waals surface area contributed by atoms with Crippen LogP contribution in [-0.4, -0.2) is 19.5 Å². The molecule has 2 aromatic carbocycles. The Hall–Kier alpha value is -2.22. The standard InChI is InChI=1S/C22H24FNO2/c1-2-3-18-14-25-22(26-15-18)11-7-16-4-8-19(9-5-16)20-10-6-17(13-24)12-21(20)23/h4-6,8-10,12,18,22H,2-3,7,11,14-15H2,1H3. The van der Waals surface area contributed by atoms with Crippen molar-refractivity contribution in [1.82, 2.24) is 0 Å². The van der Waals surface area contributed by atoms with E-state index in [9.17, 15) is 4.39 Å². The average molecular weight is 353 g/mol. The zero-order chi connectivity index (χ0) is 18.4. The summed E-state index contributed by atoms with van der Waals surface area (Å²) in [6, 6.07) is 14.4. The summed E-state index contributed by atoms with van der Waals surface area (Å²) in [5.74, 6) is 0.153. The molecule has 0 atom stereocenters. The van der Waals surface area contributed by atoms with Gasteiger partial charge in [-0.1, -0.05) is 43.7 Å². The molecule has 0 spiro atoms. The van der Waals surface area contributed by atoms with Crippen LogP contribution in [0.5, 0.6) is 0 Å². The fraction of sp³-hybridized carbons (Fsp3) is 0.409. The fourth-order valence-corrected chi connectivity index (χ4v) is 3.28. The van der Waals surface area contributed by atoms with Crippen LogP contribution in [0.25, 0.3) is 11.1 Å². The Labute approximate surface area is 154 Å². The number of nitrogens with zero attached hydrogens (tertiary/aromatic N) is 1. The minimum absolute atomic E-state index is 0.126. The van der Waals surface area contributed by atoms with Crippen molar-refractivity contribution in [3.63, 3.8) is 0 Å². The van der Waals surface area contributed by atoms with Crippen LogP contribution in [-0.2, 0) is 15.9 Å². The Morgan fingerprint density at radius 2 is 1.81 bits per heavy atom. The maximum atomic E-state index is 14.1. The van der Waals surface area contributed by atoms with Gasteiger partial charge < -0.3 is 9.47 Å². The summed E-state index contributed by atoms with van der Waals surface area (Å²) in [5, 5.41) is 8.83. The number of nitriles is 1. The van der Waals surface area contributed by atoms with Gasteiger partial charge in [-0.05, 0) is 36.1 Å². The summed E-state index contributed by atoms with van der Waals surface area (Å²) < 4.78 is 25.7. The smallest absolute Gasteiger partial charge is 0.157 e. The molecule has 0 amide bonds. The minimum Gasteiger partial charge on any atom is -0.352 e. The molecular weight excluding hydrogens is 329 g/mol. The molecule has 26 heavy (non-hydrogen) atoms. The third-order valence-electron chi connectivity index (χ3n) is 4.76. The normalized spacial score (nSPS) is 19.9. The Bertz CT molecular complexity index is 759. The minimum atomic E-state index is -0.373. The highest BCUT2D eigenvalue weighted by Crippen LogP contribution is 2.25. The van der Waals surface area contributed by atoms with Crippen molar-refractivity contribution in [2.24, 2.45) is 5.92 Å². The first-order chi connectivity index (χ1) is 12.7. The summed E-state index contributed by atoms with van der Waals surface area (Å²) in [5.41, 5.74) is 2.82. The van der Waals surface area contributed by atoms with Crippen LogP contribution in [0.3, 0.4) is 0 Å². The van der Waals surface area contributed by atoms with Gasteiger partial charge >= 0.3 is 0 Å². The van der Waals surface area contributed by atoms with Crippen molar-refractivity contribution < 1.29 is 13.9 Å². The maximum absolute atomic E-state index is 14.1. The fourth-order valence-electron chi connectivity index (χ4n) is 3.28. The molecule has 1 aliphatic rings. The molecule has 2 aromatic rings. The Balaban J connectivity index is 1.55. The van der Waals surface area contributed by atoms with Crippen molar-refractivity contribution in [3.05, 3.63) is 59.4 Å². The first-order valence-corrected chi connectivity index (χ1v) is 9.21. The molecule has 1 saturated heterocycles. The number of aryl methyl sites for hydroxylation is 1. The molecule has 0 unspecified atom stereocenters. The van der Waals surface area contributed by atoms with E-state index in [4.69, 9.17) is 14.7 Å². The van der Waals surface area contributed by atoms with Gasteiger partial charge in [-0.3, -0.25) is 0 Å². The average Bonchev–Trinajstić information content (AvgIpc) is 2.68. The van der Waals surface area contributed by atoms with Crippen molar-refractivity contribution in [2.45, 2.75) is 38.9 Å². The molecule has 1 heterocycles. The Kier molecular flexibility index (Phi) is 6.38. The van der Waals surface area contributed by atoms with Crippen LogP contribution in [0, 0.1) is 23.1 Å². The number of benzene rings is 2. The summed E-state index contributed by atoms with van der Waals surface area (Å²) in [4.78, 5) is 0. The van der Waals surface area contributed by atoms with Crippen molar-refractivity contribution in [2.75, 3.05) is 13.2 Å². The van der Waals surface area contributed by atoms with E-state index in [1.807, 2.05) is 30.3 Å². The zero-order valence-corrected chi connectivity index (χ0v) is 15.1. The third kappa shape index (κ3) is 4.69. The molecule has 0 bridgehead atoms. The number of ether oxygens (including phenoxy) is 2. The monoisotopic (exact) mass is 353 g/mol. The van der Waals surface area contributed by atoms with Gasteiger partial charge in [0.25, 0.3) is 0 Å². The first-order valence-electron chi connectivity index (χ1n) is 9.21. The van der Waals surface area contributed by atoms with E-state index < -0.39 is 0 Å². The van der Waals surface area contributed by atoms with E-state index in [0.29, 0.717) is 17.0 Å². The van der Waals surface area contributed by atoms with Crippen LogP contribution in [0.2, 0.25) is 0 Å². The van der Waals surface area contributed by atoms with Crippen molar-refractivity contribution >= 4 is 0 Å². The van der Waals surface area contributed by atoms with Gasteiger partial charge in [0.1, 0.15) is 5.82 Å². The molecule has 1 fully saturated rings. The predicted molar refractivity (Wildman–Crippen MR) is 99.0 cm³/mol. The second-order valence-electron chi connectivity index (χ2n) is 6.79. The van der Waals surface area contributed by atoms with Gasteiger partial charge in [0.05, 0.1) is 24.8 Å². The molecule has 0 aliphatic carbocycles.